The minimum Gasteiger partial charge on any atom is -0.494 e. The van der Waals surface area contributed by atoms with Crippen LogP contribution in [0.3, 0.4) is 0 Å². The summed E-state index contributed by atoms with van der Waals surface area (Å²) in [5, 5.41) is 21.2. The monoisotopic (exact) mass is 453 g/mol. The van der Waals surface area contributed by atoms with Crippen molar-refractivity contribution in [1.82, 2.24) is 4.57 Å². The van der Waals surface area contributed by atoms with Crippen molar-refractivity contribution in [2.45, 2.75) is 39.5 Å². The fourth-order valence-electron chi connectivity index (χ4n) is 3.57. The second-order valence-electron chi connectivity index (χ2n) is 6.97. The highest BCUT2D eigenvalue weighted by atomic mass is 35.5. The summed E-state index contributed by atoms with van der Waals surface area (Å²) >= 11 is 6.13. The predicted octanol–water partition coefficient (Wildman–Crippen LogP) is 4.42. The summed E-state index contributed by atoms with van der Waals surface area (Å²) in [6.45, 7) is 3.80. The van der Waals surface area contributed by atoms with Gasteiger partial charge >= 0.3 is 5.97 Å². The summed E-state index contributed by atoms with van der Waals surface area (Å²) in [6.07, 6.45) is 4.15. The van der Waals surface area contributed by atoms with E-state index in [0.29, 0.717) is 30.6 Å². The molecular weight excluding hydrogens is 429 g/mol. The molecule has 0 saturated heterocycles. The third-order valence-electron chi connectivity index (χ3n) is 4.94. The van der Waals surface area contributed by atoms with Gasteiger partial charge in [0.05, 0.1) is 30.0 Å². The first-order valence-electron chi connectivity index (χ1n) is 10.1. The van der Waals surface area contributed by atoms with Crippen molar-refractivity contribution in [3.05, 3.63) is 45.9 Å². The number of rotatable bonds is 8. The average molecular weight is 454 g/mol. The molecule has 0 aliphatic heterocycles. The molecule has 9 heteroatoms. The smallest absolute Gasteiger partial charge is 0.334 e. The molecule has 1 aliphatic carbocycles. The third-order valence-corrected chi connectivity index (χ3v) is 5.23. The van der Waals surface area contributed by atoms with Gasteiger partial charge in [0.15, 0.2) is 0 Å². The lowest BCUT2D eigenvalue weighted by Gasteiger charge is -2.15. The number of benzene rings is 1. The molecule has 2 aromatic rings. The molecule has 0 radical (unpaired) electrons. The maximum absolute atomic E-state index is 14.7. The topological polar surface area (TPSA) is 90.2 Å². The van der Waals surface area contributed by atoms with Crippen LogP contribution in [-0.2, 0) is 27.1 Å². The Morgan fingerprint density at radius 3 is 2.32 bits per heavy atom. The quantitative estimate of drug-likeness (QED) is 0.349. The molecule has 1 aromatic heterocycles. The van der Waals surface area contributed by atoms with Crippen LogP contribution in [0.15, 0.2) is 24.0 Å². The second-order valence-corrected chi connectivity index (χ2v) is 7.37. The van der Waals surface area contributed by atoms with Gasteiger partial charge in [0.2, 0.25) is 11.8 Å². The zero-order valence-corrected chi connectivity index (χ0v) is 18.2. The number of hydrogen-bond acceptors (Lipinski definition) is 6. The van der Waals surface area contributed by atoms with E-state index in [0.717, 1.165) is 23.5 Å². The molecule has 0 spiro atoms. The standard InChI is InChI=1S/C22H25ClFNO6/c1-3-29-13(9-20(26)30-4-2)12-31-19-11-18(17(24)10-16(19)23)25-21(27)14-7-5-6-8-15(14)22(25)28/h9-11,27-28H,3-8,12H2,1-2H3. The van der Waals surface area contributed by atoms with E-state index in [9.17, 15) is 19.4 Å². The zero-order valence-electron chi connectivity index (χ0n) is 17.4. The van der Waals surface area contributed by atoms with Gasteiger partial charge in [-0.2, -0.15) is 0 Å². The van der Waals surface area contributed by atoms with Crippen LogP contribution in [0.4, 0.5) is 4.39 Å². The highest BCUT2D eigenvalue weighted by Crippen LogP contribution is 2.42. The van der Waals surface area contributed by atoms with Crippen molar-refractivity contribution < 1.29 is 33.6 Å². The molecule has 0 bridgehead atoms. The van der Waals surface area contributed by atoms with Crippen LogP contribution in [0.2, 0.25) is 5.02 Å². The number of esters is 1. The van der Waals surface area contributed by atoms with E-state index in [2.05, 4.69) is 0 Å². The first-order chi connectivity index (χ1) is 14.9. The Morgan fingerprint density at radius 2 is 1.74 bits per heavy atom. The number of nitrogens with zero attached hydrogens (tertiary/aromatic N) is 1. The van der Waals surface area contributed by atoms with Crippen LogP contribution in [0, 0.1) is 5.82 Å². The normalized spacial score (nSPS) is 13.6. The Kier molecular flexibility index (Phi) is 7.33. The Bertz CT molecular complexity index is 971. The van der Waals surface area contributed by atoms with Crippen LogP contribution >= 0.6 is 11.6 Å². The van der Waals surface area contributed by atoms with E-state index in [1.807, 2.05) is 0 Å². The van der Waals surface area contributed by atoms with Gasteiger partial charge in [-0.3, -0.25) is 0 Å². The average Bonchev–Trinajstić information content (AvgIpc) is 2.98. The van der Waals surface area contributed by atoms with Gasteiger partial charge in [-0.15, -0.1) is 0 Å². The van der Waals surface area contributed by atoms with Crippen LogP contribution in [-0.4, -0.2) is 40.6 Å². The zero-order chi connectivity index (χ0) is 22.5. The van der Waals surface area contributed by atoms with Gasteiger partial charge in [-0.1, -0.05) is 11.6 Å². The van der Waals surface area contributed by atoms with E-state index in [1.165, 1.54) is 12.1 Å². The minimum atomic E-state index is -0.734. The Labute approximate surface area is 184 Å². The number of carbonyl (C=O) groups excluding carboxylic acids is 1. The Morgan fingerprint density at radius 1 is 1.13 bits per heavy atom. The van der Waals surface area contributed by atoms with E-state index in [1.54, 1.807) is 13.8 Å². The van der Waals surface area contributed by atoms with Crippen LogP contribution in [0.25, 0.3) is 5.69 Å². The lowest BCUT2D eigenvalue weighted by atomic mass is 9.95. The summed E-state index contributed by atoms with van der Waals surface area (Å²) in [5.74, 6) is -1.40. The largest absolute Gasteiger partial charge is 0.494 e. The van der Waals surface area contributed by atoms with Gasteiger partial charge in [0.25, 0.3) is 0 Å². The Hall–Kier alpha value is -2.87. The molecule has 1 heterocycles. The molecule has 0 fully saturated rings. The minimum absolute atomic E-state index is 0.0101. The fourth-order valence-corrected chi connectivity index (χ4v) is 3.78. The molecule has 1 aliphatic rings. The number of hydrogen-bond donors (Lipinski definition) is 2. The van der Waals surface area contributed by atoms with Gasteiger partial charge in [-0.05, 0) is 45.6 Å². The first kappa shape index (κ1) is 22.8. The first-order valence-corrected chi connectivity index (χ1v) is 10.5. The van der Waals surface area contributed by atoms with Gasteiger partial charge < -0.3 is 24.4 Å². The molecule has 0 amide bonds. The maximum Gasteiger partial charge on any atom is 0.334 e. The number of fused-ring (bicyclic) bond motifs is 1. The third kappa shape index (κ3) is 4.90. The number of aromatic hydroxyl groups is 2. The van der Waals surface area contributed by atoms with E-state index in [-0.39, 0.29) is 47.2 Å². The van der Waals surface area contributed by atoms with Gasteiger partial charge in [0, 0.05) is 17.2 Å². The number of ether oxygens (including phenoxy) is 3. The molecule has 3 rings (SSSR count). The van der Waals surface area contributed by atoms with Gasteiger partial charge in [0.1, 0.15) is 23.9 Å². The number of carbonyl (C=O) groups is 1. The summed E-state index contributed by atoms with van der Waals surface area (Å²) in [5.41, 5.74) is 1.14. The lowest BCUT2D eigenvalue weighted by molar-refractivity contribution is -0.137. The summed E-state index contributed by atoms with van der Waals surface area (Å²) < 4.78 is 31.7. The number of aromatic nitrogens is 1. The molecule has 0 saturated carbocycles. The molecule has 31 heavy (non-hydrogen) atoms. The fraction of sp³-hybridized carbons (Fsp3) is 0.409. The van der Waals surface area contributed by atoms with Crippen molar-refractivity contribution in [1.29, 1.82) is 0 Å². The Balaban J connectivity index is 1.92. The second kappa shape index (κ2) is 9.96. The molecule has 1 aromatic carbocycles. The molecular formula is C22H25ClFNO6. The van der Waals surface area contributed by atoms with E-state index in [4.69, 9.17) is 25.8 Å². The molecule has 0 unspecified atom stereocenters. The number of halogens is 2. The van der Waals surface area contributed by atoms with Gasteiger partial charge in [-0.25, -0.2) is 13.8 Å². The van der Waals surface area contributed by atoms with Crippen LogP contribution in [0.5, 0.6) is 17.5 Å². The van der Waals surface area contributed by atoms with Crippen LogP contribution in [0.1, 0.15) is 37.8 Å². The summed E-state index contributed by atoms with van der Waals surface area (Å²) in [4.78, 5) is 11.7. The van der Waals surface area contributed by atoms with Crippen molar-refractivity contribution in [3.8, 4) is 23.2 Å². The summed E-state index contributed by atoms with van der Waals surface area (Å²) in [7, 11) is 0. The van der Waals surface area contributed by atoms with Crippen molar-refractivity contribution in [2.24, 2.45) is 0 Å². The molecule has 0 atom stereocenters. The van der Waals surface area contributed by atoms with E-state index >= 15 is 0 Å². The van der Waals surface area contributed by atoms with Crippen molar-refractivity contribution in [2.75, 3.05) is 19.8 Å². The summed E-state index contributed by atoms with van der Waals surface area (Å²) in [6, 6.07) is 2.33. The highest BCUT2D eigenvalue weighted by Gasteiger charge is 2.27. The van der Waals surface area contributed by atoms with Crippen molar-refractivity contribution >= 4 is 17.6 Å². The highest BCUT2D eigenvalue weighted by molar-refractivity contribution is 6.32. The SMILES string of the molecule is CCOC(=O)C=C(COc1cc(-n2c(O)c3c(c2O)CCCC3)c(F)cc1Cl)OCC. The molecule has 7 nitrogen and oxygen atoms in total. The van der Waals surface area contributed by atoms with E-state index < -0.39 is 11.8 Å². The lowest BCUT2D eigenvalue weighted by Crippen LogP contribution is -2.10. The predicted molar refractivity (Wildman–Crippen MR) is 113 cm³/mol. The molecule has 168 valence electrons. The van der Waals surface area contributed by atoms with Crippen molar-refractivity contribution in [3.63, 3.8) is 0 Å². The maximum atomic E-state index is 14.7. The van der Waals surface area contributed by atoms with Crippen LogP contribution < -0.4 is 4.74 Å². The molecule has 2 N–H and O–H groups in total.